The van der Waals surface area contributed by atoms with Gasteiger partial charge in [-0.25, -0.2) is 0 Å². The molecule has 0 aromatic heterocycles. The van der Waals surface area contributed by atoms with Gasteiger partial charge >= 0.3 is 0 Å². The summed E-state index contributed by atoms with van der Waals surface area (Å²) in [5.74, 6) is -0.259. The zero-order valence-corrected chi connectivity index (χ0v) is 8.39. The highest BCUT2D eigenvalue weighted by atomic mass is 127. The Labute approximate surface area is 75.4 Å². The van der Waals surface area contributed by atoms with Gasteiger partial charge in [0.25, 0.3) is 0 Å². The first-order chi connectivity index (χ1) is 4.77. The Morgan fingerprint density at radius 3 is 2.50 bits per heavy atom. The number of hydrogen-bond acceptors (Lipinski definition) is 2. The van der Waals surface area contributed by atoms with Gasteiger partial charge in [0, 0.05) is 6.42 Å². The van der Waals surface area contributed by atoms with Crippen molar-refractivity contribution in [3.05, 3.63) is 0 Å². The lowest BCUT2D eigenvalue weighted by atomic mass is 10.2. The Morgan fingerprint density at radius 2 is 2.00 bits per heavy atom. The first-order valence-corrected chi connectivity index (χ1v) is 5.13. The lowest BCUT2D eigenvalue weighted by molar-refractivity contribution is -0.146. The zero-order chi connectivity index (χ0) is 7.45. The van der Waals surface area contributed by atoms with Crippen molar-refractivity contribution in [3.8, 4) is 0 Å². The monoisotopic (exact) mass is 256 g/mol. The molecule has 0 aliphatic carbocycles. The maximum absolute atomic E-state index is 5.42. The van der Waals surface area contributed by atoms with Gasteiger partial charge in [-0.3, -0.25) is 0 Å². The summed E-state index contributed by atoms with van der Waals surface area (Å²) in [6.45, 7) is 3.54. The molecule has 0 amide bonds. The Hall–Kier alpha value is 0.650. The average molecular weight is 256 g/mol. The molecule has 0 radical (unpaired) electrons. The molecule has 0 bridgehead atoms. The van der Waals surface area contributed by atoms with E-state index in [4.69, 9.17) is 9.47 Å². The van der Waals surface area contributed by atoms with Crippen molar-refractivity contribution in [2.45, 2.75) is 25.6 Å². The molecule has 1 aliphatic rings. The lowest BCUT2D eigenvalue weighted by Gasteiger charge is -2.21. The van der Waals surface area contributed by atoms with Gasteiger partial charge in [0.05, 0.1) is 13.2 Å². The Kier molecular flexibility index (Phi) is 3.39. The highest BCUT2D eigenvalue weighted by Gasteiger charge is 2.29. The molecule has 0 saturated carbocycles. The second-order valence-electron chi connectivity index (χ2n) is 2.62. The summed E-state index contributed by atoms with van der Waals surface area (Å²) in [6.07, 6.45) is 2.20. The summed E-state index contributed by atoms with van der Waals surface area (Å²) < 4.78 is 12.0. The minimum Gasteiger partial charge on any atom is -0.348 e. The quantitative estimate of drug-likeness (QED) is 0.567. The fourth-order valence-electron chi connectivity index (χ4n) is 1.09. The van der Waals surface area contributed by atoms with E-state index >= 15 is 0 Å². The summed E-state index contributed by atoms with van der Waals surface area (Å²) in [5.41, 5.74) is 0. The van der Waals surface area contributed by atoms with Crippen LogP contribution in [0.5, 0.6) is 0 Å². The number of alkyl halides is 1. The highest BCUT2D eigenvalue weighted by molar-refractivity contribution is 14.1. The molecule has 60 valence electrons. The van der Waals surface area contributed by atoms with Gasteiger partial charge in [0.15, 0.2) is 5.79 Å². The van der Waals surface area contributed by atoms with Crippen LogP contribution in [0.2, 0.25) is 0 Å². The fourth-order valence-corrected chi connectivity index (χ4v) is 1.47. The molecule has 0 aromatic rings. The van der Waals surface area contributed by atoms with Crippen molar-refractivity contribution in [2.75, 3.05) is 17.6 Å². The molecule has 0 spiro atoms. The van der Waals surface area contributed by atoms with E-state index in [-0.39, 0.29) is 5.79 Å². The van der Waals surface area contributed by atoms with E-state index in [1.807, 2.05) is 6.92 Å². The van der Waals surface area contributed by atoms with Crippen LogP contribution in [-0.4, -0.2) is 23.4 Å². The number of rotatable bonds is 3. The fraction of sp³-hybridized carbons (Fsp3) is 1.00. The van der Waals surface area contributed by atoms with Crippen molar-refractivity contribution < 1.29 is 9.47 Å². The first kappa shape index (κ1) is 8.74. The molecule has 1 saturated heterocycles. The van der Waals surface area contributed by atoms with E-state index in [2.05, 4.69) is 22.6 Å². The molecule has 0 unspecified atom stereocenters. The van der Waals surface area contributed by atoms with Gasteiger partial charge in [-0.15, -0.1) is 0 Å². The van der Waals surface area contributed by atoms with Crippen molar-refractivity contribution >= 4 is 22.6 Å². The second kappa shape index (κ2) is 3.88. The van der Waals surface area contributed by atoms with Crippen LogP contribution < -0.4 is 0 Å². The summed E-state index contributed by atoms with van der Waals surface area (Å²) >= 11 is 2.37. The highest BCUT2D eigenvalue weighted by Crippen LogP contribution is 2.24. The minimum atomic E-state index is -0.259. The third-order valence-corrected chi connectivity index (χ3v) is 2.43. The topological polar surface area (TPSA) is 18.5 Å². The standard InChI is InChI=1S/C7H13IO2/c1-7(3-2-4-8)9-5-6-10-7/h2-6H2,1H3. The van der Waals surface area contributed by atoms with Crippen molar-refractivity contribution in [3.63, 3.8) is 0 Å². The van der Waals surface area contributed by atoms with Gasteiger partial charge in [0.1, 0.15) is 0 Å². The Bertz CT molecular complexity index is 99.8. The molecule has 10 heavy (non-hydrogen) atoms. The first-order valence-electron chi connectivity index (χ1n) is 3.61. The smallest absolute Gasteiger partial charge is 0.165 e. The van der Waals surface area contributed by atoms with Crippen LogP contribution in [0.15, 0.2) is 0 Å². The number of hydrogen-bond donors (Lipinski definition) is 0. The largest absolute Gasteiger partial charge is 0.348 e. The number of ether oxygens (including phenoxy) is 2. The number of halogens is 1. The van der Waals surface area contributed by atoms with Gasteiger partial charge < -0.3 is 9.47 Å². The molecule has 3 heteroatoms. The van der Waals surface area contributed by atoms with Crippen molar-refractivity contribution in [1.29, 1.82) is 0 Å². The molecule has 1 heterocycles. The predicted molar refractivity (Wildman–Crippen MR) is 48.4 cm³/mol. The van der Waals surface area contributed by atoms with Crippen LogP contribution in [0.1, 0.15) is 19.8 Å². The van der Waals surface area contributed by atoms with E-state index in [0.29, 0.717) is 0 Å². The molecule has 0 atom stereocenters. The SMILES string of the molecule is CC1(CCCI)OCCO1. The normalized spacial score (nSPS) is 23.4. The second-order valence-corrected chi connectivity index (χ2v) is 3.70. The van der Waals surface area contributed by atoms with Gasteiger partial charge in [-0.1, -0.05) is 22.6 Å². The molecule has 1 fully saturated rings. The van der Waals surface area contributed by atoms with Crippen LogP contribution >= 0.6 is 22.6 Å². The maximum Gasteiger partial charge on any atom is 0.165 e. The van der Waals surface area contributed by atoms with E-state index in [0.717, 1.165) is 19.6 Å². The van der Waals surface area contributed by atoms with Crippen LogP contribution in [-0.2, 0) is 9.47 Å². The van der Waals surface area contributed by atoms with Gasteiger partial charge in [-0.05, 0) is 17.8 Å². The van der Waals surface area contributed by atoms with Crippen molar-refractivity contribution in [2.24, 2.45) is 0 Å². The maximum atomic E-state index is 5.42. The lowest BCUT2D eigenvalue weighted by Crippen LogP contribution is -2.25. The van der Waals surface area contributed by atoms with Crippen LogP contribution in [0.4, 0.5) is 0 Å². The van der Waals surface area contributed by atoms with Crippen LogP contribution in [0.25, 0.3) is 0 Å². The van der Waals surface area contributed by atoms with Crippen LogP contribution in [0.3, 0.4) is 0 Å². The molecule has 0 N–H and O–H groups in total. The van der Waals surface area contributed by atoms with E-state index in [1.165, 1.54) is 10.8 Å². The van der Waals surface area contributed by atoms with Crippen molar-refractivity contribution in [1.82, 2.24) is 0 Å². The van der Waals surface area contributed by atoms with E-state index in [9.17, 15) is 0 Å². The summed E-state index contributed by atoms with van der Waals surface area (Å²) in [4.78, 5) is 0. The molecule has 1 rings (SSSR count). The average Bonchev–Trinajstić information content (AvgIpc) is 2.33. The van der Waals surface area contributed by atoms with Crippen LogP contribution in [0, 0.1) is 0 Å². The molecular formula is C7H13IO2. The minimum absolute atomic E-state index is 0.259. The molecule has 0 aromatic carbocycles. The summed E-state index contributed by atoms with van der Waals surface area (Å²) in [6, 6.07) is 0. The molecule has 2 nitrogen and oxygen atoms in total. The Balaban J connectivity index is 2.22. The van der Waals surface area contributed by atoms with E-state index in [1.54, 1.807) is 0 Å². The third-order valence-electron chi connectivity index (χ3n) is 1.66. The summed E-state index contributed by atoms with van der Waals surface area (Å²) in [5, 5.41) is 0. The Morgan fingerprint density at radius 1 is 1.40 bits per heavy atom. The zero-order valence-electron chi connectivity index (χ0n) is 6.23. The van der Waals surface area contributed by atoms with Gasteiger partial charge in [0.2, 0.25) is 0 Å². The predicted octanol–water partition coefficient (Wildman–Crippen LogP) is 1.96. The molecule has 1 aliphatic heterocycles. The third kappa shape index (κ3) is 2.36. The molecular weight excluding hydrogens is 243 g/mol. The summed E-state index contributed by atoms with van der Waals surface area (Å²) in [7, 11) is 0. The van der Waals surface area contributed by atoms with Gasteiger partial charge in [-0.2, -0.15) is 0 Å². The van der Waals surface area contributed by atoms with E-state index < -0.39 is 0 Å².